The van der Waals surface area contributed by atoms with Gasteiger partial charge in [0.25, 0.3) is 23.3 Å². The summed E-state index contributed by atoms with van der Waals surface area (Å²) in [5.41, 5.74) is 5.65. The van der Waals surface area contributed by atoms with E-state index < -0.39 is 35.6 Å². The van der Waals surface area contributed by atoms with Crippen LogP contribution in [-0.2, 0) is 20.9 Å². The van der Waals surface area contributed by atoms with Crippen LogP contribution in [0, 0.1) is 19.3 Å². The van der Waals surface area contributed by atoms with Crippen molar-refractivity contribution in [2.24, 2.45) is 0 Å². The molecule has 1 atom stereocenters. The summed E-state index contributed by atoms with van der Waals surface area (Å²) in [4.78, 5) is 102. The van der Waals surface area contributed by atoms with Gasteiger partial charge in [-0.2, -0.15) is 0 Å². The SMILES string of the molecule is Cc1cc(C)c(CNC(=O)c2cc(-c3ccc(N4CCN(CCC(=O)NCCCCNc5cccc6c5C(=O)N(C5CCC(=O)NC5=O)C6=O)CC4)nc3)cc(NC(C)C)c2C=N)c(=O)[nH]1. The number of benzene rings is 2. The third-order valence-corrected chi connectivity index (χ3v) is 12.1. The zero-order chi connectivity index (χ0) is 47.1. The van der Waals surface area contributed by atoms with E-state index in [0.717, 1.165) is 59.3 Å². The largest absolute Gasteiger partial charge is 0.384 e. The number of piperidine rings is 1. The quantitative estimate of drug-likeness (QED) is 0.0430. The van der Waals surface area contributed by atoms with Gasteiger partial charge in [-0.15, -0.1) is 0 Å². The van der Waals surface area contributed by atoms with Crippen molar-refractivity contribution in [2.75, 3.05) is 61.3 Å². The monoisotopic (exact) mass is 899 g/mol. The Bertz CT molecular complexity index is 2600. The van der Waals surface area contributed by atoms with E-state index in [1.807, 2.05) is 52.0 Å². The number of nitrogens with one attached hydrogen (secondary N) is 7. The van der Waals surface area contributed by atoms with E-state index in [9.17, 15) is 33.6 Å². The Morgan fingerprint density at radius 3 is 2.38 bits per heavy atom. The molecule has 0 saturated carbocycles. The first-order valence-corrected chi connectivity index (χ1v) is 22.4. The predicted octanol–water partition coefficient (Wildman–Crippen LogP) is 3.72. The number of rotatable bonds is 18. The average molecular weight is 900 g/mol. The lowest BCUT2D eigenvalue weighted by Crippen LogP contribution is -2.54. The normalized spacial score (nSPS) is 16.3. The van der Waals surface area contributed by atoms with E-state index >= 15 is 0 Å². The molecule has 3 aliphatic rings. The molecule has 7 rings (SSSR count). The third kappa shape index (κ3) is 10.7. The first kappa shape index (κ1) is 46.8. The molecule has 18 heteroatoms. The van der Waals surface area contributed by atoms with Gasteiger partial charge in [0, 0.05) is 117 Å². The van der Waals surface area contributed by atoms with Gasteiger partial charge in [-0.05, 0) is 101 Å². The Kier molecular flexibility index (Phi) is 14.7. The van der Waals surface area contributed by atoms with Crippen molar-refractivity contribution >= 4 is 58.9 Å². The van der Waals surface area contributed by atoms with Crippen LogP contribution in [0.1, 0.15) is 99.4 Å². The van der Waals surface area contributed by atoms with Crippen LogP contribution in [0.5, 0.6) is 0 Å². The van der Waals surface area contributed by atoms with Crippen LogP contribution in [-0.4, -0.2) is 119 Å². The Morgan fingerprint density at radius 1 is 0.909 bits per heavy atom. The summed E-state index contributed by atoms with van der Waals surface area (Å²) in [5.74, 6) is -1.79. The molecule has 0 bridgehead atoms. The molecule has 2 aromatic carbocycles. The van der Waals surface area contributed by atoms with Gasteiger partial charge in [-0.1, -0.05) is 6.07 Å². The number of nitrogens with zero attached hydrogens (tertiary/aromatic N) is 4. The number of carbonyl (C=O) groups is 6. The molecule has 0 radical (unpaired) electrons. The molecule has 0 aliphatic carbocycles. The summed E-state index contributed by atoms with van der Waals surface area (Å²) in [6.45, 7) is 12.3. The van der Waals surface area contributed by atoms with Crippen LogP contribution >= 0.6 is 0 Å². The number of hydrogen-bond donors (Lipinski definition) is 7. The second-order valence-corrected chi connectivity index (χ2v) is 17.2. The van der Waals surface area contributed by atoms with Crippen LogP contribution in [0.25, 0.3) is 11.1 Å². The summed E-state index contributed by atoms with van der Waals surface area (Å²) < 4.78 is 0. The topological polar surface area (TPSA) is 242 Å². The fraction of sp³-hybridized carbons (Fsp3) is 0.396. The van der Waals surface area contributed by atoms with Crippen molar-refractivity contribution in [3.8, 4) is 11.1 Å². The van der Waals surface area contributed by atoms with Crippen LogP contribution in [0.15, 0.2) is 59.5 Å². The Balaban J connectivity index is 0.849. The molecule has 3 aliphatic heterocycles. The van der Waals surface area contributed by atoms with E-state index in [1.165, 1.54) is 6.21 Å². The number of amides is 6. The Labute approximate surface area is 382 Å². The minimum absolute atomic E-state index is 0.0289. The molecule has 6 amide bonds. The lowest BCUT2D eigenvalue weighted by molar-refractivity contribution is -0.136. The van der Waals surface area contributed by atoms with E-state index in [0.29, 0.717) is 67.0 Å². The number of imide groups is 2. The number of pyridine rings is 2. The lowest BCUT2D eigenvalue weighted by atomic mass is 9.97. The zero-order valence-electron chi connectivity index (χ0n) is 37.8. The molecular weight excluding hydrogens is 843 g/mol. The first-order chi connectivity index (χ1) is 31.7. The highest BCUT2D eigenvalue weighted by atomic mass is 16.2. The summed E-state index contributed by atoms with van der Waals surface area (Å²) in [6, 6.07) is 13.4. The molecule has 2 fully saturated rings. The van der Waals surface area contributed by atoms with Crippen LogP contribution < -0.4 is 37.0 Å². The predicted molar refractivity (Wildman–Crippen MR) is 251 cm³/mol. The average Bonchev–Trinajstić information content (AvgIpc) is 3.54. The van der Waals surface area contributed by atoms with Crippen LogP contribution in [0.3, 0.4) is 0 Å². The summed E-state index contributed by atoms with van der Waals surface area (Å²) in [6.07, 6.45) is 4.87. The second kappa shape index (κ2) is 20.7. The van der Waals surface area contributed by atoms with E-state index in [1.54, 1.807) is 30.5 Å². The second-order valence-electron chi connectivity index (χ2n) is 17.2. The molecule has 1 unspecified atom stereocenters. The number of aromatic amines is 1. The van der Waals surface area contributed by atoms with Gasteiger partial charge in [0.05, 0.1) is 16.7 Å². The van der Waals surface area contributed by atoms with Crippen molar-refractivity contribution in [3.05, 3.63) is 104 Å². The van der Waals surface area contributed by atoms with E-state index in [-0.39, 0.29) is 48.0 Å². The molecular formula is C48H57N11O7. The molecule has 0 spiro atoms. The van der Waals surface area contributed by atoms with Gasteiger partial charge in [0.15, 0.2) is 0 Å². The number of carbonyl (C=O) groups excluding carboxylic acids is 6. The fourth-order valence-corrected chi connectivity index (χ4v) is 8.61. The minimum Gasteiger partial charge on any atom is -0.384 e. The molecule has 5 heterocycles. The van der Waals surface area contributed by atoms with Gasteiger partial charge in [0.1, 0.15) is 11.9 Å². The number of hydrogen-bond acceptors (Lipinski definition) is 13. The summed E-state index contributed by atoms with van der Waals surface area (Å²) >= 11 is 0. The van der Waals surface area contributed by atoms with Crippen molar-refractivity contribution in [3.63, 3.8) is 0 Å². The number of H-pyrrole nitrogens is 1. The highest BCUT2D eigenvalue weighted by molar-refractivity contribution is 6.25. The Morgan fingerprint density at radius 2 is 1.68 bits per heavy atom. The zero-order valence-corrected chi connectivity index (χ0v) is 37.8. The third-order valence-electron chi connectivity index (χ3n) is 12.1. The molecule has 2 aromatic heterocycles. The van der Waals surface area contributed by atoms with Crippen molar-refractivity contribution in [1.29, 1.82) is 5.41 Å². The highest BCUT2D eigenvalue weighted by Gasteiger charge is 2.45. The smallest absolute Gasteiger partial charge is 0.264 e. The fourth-order valence-electron chi connectivity index (χ4n) is 8.61. The maximum Gasteiger partial charge on any atom is 0.264 e. The number of piperazine rings is 1. The maximum absolute atomic E-state index is 13.7. The lowest BCUT2D eigenvalue weighted by Gasteiger charge is -2.35. The molecule has 18 nitrogen and oxygen atoms in total. The van der Waals surface area contributed by atoms with Gasteiger partial charge >= 0.3 is 0 Å². The van der Waals surface area contributed by atoms with Crippen molar-refractivity contribution in [1.82, 2.24) is 35.7 Å². The summed E-state index contributed by atoms with van der Waals surface area (Å²) in [7, 11) is 0. The number of anilines is 3. The summed E-state index contributed by atoms with van der Waals surface area (Å²) in [5, 5.41) is 22.9. The van der Waals surface area contributed by atoms with Crippen molar-refractivity contribution in [2.45, 2.75) is 78.4 Å². The number of unbranched alkanes of at least 4 members (excludes halogenated alkanes) is 1. The van der Waals surface area contributed by atoms with Gasteiger partial charge in [-0.25, -0.2) is 4.98 Å². The van der Waals surface area contributed by atoms with Gasteiger partial charge in [0.2, 0.25) is 17.7 Å². The molecule has 4 aromatic rings. The number of aromatic nitrogens is 2. The molecule has 7 N–H and O–H groups in total. The van der Waals surface area contributed by atoms with Gasteiger partial charge in [-0.3, -0.25) is 48.7 Å². The Hall–Kier alpha value is -7.21. The highest BCUT2D eigenvalue weighted by Crippen LogP contribution is 2.33. The number of fused-ring (bicyclic) bond motifs is 1. The van der Waals surface area contributed by atoms with Crippen molar-refractivity contribution < 1.29 is 28.8 Å². The molecule has 346 valence electrons. The molecule has 2 saturated heterocycles. The van der Waals surface area contributed by atoms with E-state index in [4.69, 9.17) is 10.4 Å². The first-order valence-electron chi connectivity index (χ1n) is 22.4. The van der Waals surface area contributed by atoms with Crippen LogP contribution in [0.4, 0.5) is 17.2 Å². The van der Waals surface area contributed by atoms with Crippen LogP contribution in [0.2, 0.25) is 0 Å². The van der Waals surface area contributed by atoms with Gasteiger partial charge < -0.3 is 36.6 Å². The number of aryl methyl sites for hydroxylation is 2. The standard InChI is InChI=1S/C48H57N11O7/c1-28(2)54-38-24-32(23-34(35(38)25-49)44(62)53-27-36-29(3)22-30(4)55-45(36)63)31-10-12-40(52-26-31)58-20-18-57(19-21-58)17-14-41(60)51-16-6-5-15-50-37-9-7-8-33-43(37)48(66)59(47(33)65)39-11-13-42(61)56-46(39)64/h7-10,12,22-26,28,39,49-50,54H,5-6,11,13-21,27H2,1-4H3,(H,51,60)(H,53,62)(H,55,63)(H,56,61,64). The molecule has 66 heavy (non-hydrogen) atoms. The minimum atomic E-state index is -1.03. The van der Waals surface area contributed by atoms with E-state index in [2.05, 4.69) is 41.4 Å². The maximum atomic E-state index is 13.7.